The molecule has 0 heterocycles. The third-order valence-corrected chi connectivity index (χ3v) is 6.28. The van der Waals surface area contributed by atoms with E-state index >= 15 is 0 Å². The molecule has 0 amide bonds. The van der Waals surface area contributed by atoms with Crippen molar-refractivity contribution in [3.8, 4) is 0 Å². The summed E-state index contributed by atoms with van der Waals surface area (Å²) in [5.74, 6) is -1.21. The summed E-state index contributed by atoms with van der Waals surface area (Å²) in [5.41, 5.74) is -1.10. The normalized spacial score (nSPS) is 20.1. The molecule has 2 atom stereocenters. The number of hydrogen-bond acceptors (Lipinski definition) is 4. The van der Waals surface area contributed by atoms with E-state index in [0.29, 0.717) is 0 Å². The SMILES string of the molecule is CC(O)(CBr)CCOP(=O)(O)CP(=O)(O)O. The van der Waals surface area contributed by atoms with Crippen molar-refractivity contribution in [2.45, 2.75) is 18.9 Å². The standard InChI is InChI=1S/C6H15BrO7P2/c1-6(8,4-7)2-3-14-16(12,13)5-15(9,10)11/h8H,2-5H2,1H3,(H,12,13)(H2,9,10,11). The van der Waals surface area contributed by atoms with E-state index in [4.69, 9.17) is 14.7 Å². The zero-order chi connectivity index (χ0) is 13.0. The Morgan fingerprint density at radius 3 is 2.19 bits per heavy atom. The lowest BCUT2D eigenvalue weighted by Gasteiger charge is -2.21. The van der Waals surface area contributed by atoms with Crippen LogP contribution in [0.2, 0.25) is 0 Å². The van der Waals surface area contributed by atoms with Crippen molar-refractivity contribution in [1.29, 1.82) is 0 Å². The van der Waals surface area contributed by atoms with E-state index in [-0.39, 0.29) is 18.4 Å². The van der Waals surface area contributed by atoms with Gasteiger partial charge in [-0.2, -0.15) is 0 Å². The Kier molecular flexibility index (Phi) is 6.35. The Balaban J connectivity index is 4.11. The van der Waals surface area contributed by atoms with Crippen LogP contribution in [-0.2, 0) is 13.7 Å². The number of aliphatic hydroxyl groups is 1. The first-order chi connectivity index (χ1) is 6.97. The lowest BCUT2D eigenvalue weighted by molar-refractivity contribution is 0.0596. The minimum atomic E-state index is -4.58. The molecular formula is C6H15BrO7P2. The van der Waals surface area contributed by atoms with E-state index in [1.807, 2.05) is 0 Å². The maximum atomic E-state index is 11.2. The summed E-state index contributed by atoms with van der Waals surface area (Å²) in [6, 6.07) is 0. The lowest BCUT2D eigenvalue weighted by atomic mass is 10.1. The first-order valence-electron chi connectivity index (χ1n) is 4.27. The van der Waals surface area contributed by atoms with Gasteiger partial charge in [0, 0.05) is 11.8 Å². The van der Waals surface area contributed by atoms with Crippen LogP contribution in [0.4, 0.5) is 0 Å². The van der Waals surface area contributed by atoms with Gasteiger partial charge in [0.25, 0.3) is 0 Å². The zero-order valence-corrected chi connectivity index (χ0v) is 12.0. The van der Waals surface area contributed by atoms with E-state index in [1.54, 1.807) is 0 Å². The van der Waals surface area contributed by atoms with Crippen molar-refractivity contribution in [2.75, 3.05) is 17.8 Å². The average molecular weight is 341 g/mol. The molecule has 0 aliphatic carbocycles. The molecule has 0 aromatic carbocycles. The molecular weight excluding hydrogens is 326 g/mol. The Hall–Kier alpha value is 0.740. The van der Waals surface area contributed by atoms with Crippen LogP contribution in [0.15, 0.2) is 0 Å². The molecule has 0 saturated carbocycles. The number of rotatable bonds is 7. The van der Waals surface area contributed by atoms with Gasteiger partial charge in [-0.3, -0.25) is 9.13 Å². The predicted octanol–water partition coefficient (Wildman–Crippen LogP) is 0.860. The Labute approximate surface area is 102 Å². The smallest absolute Gasteiger partial charge is 0.340 e. The highest BCUT2D eigenvalue weighted by molar-refractivity contribution is 9.09. The van der Waals surface area contributed by atoms with Crippen LogP contribution in [0, 0.1) is 0 Å². The third kappa shape index (κ3) is 8.84. The fraction of sp³-hybridized carbons (Fsp3) is 1.00. The van der Waals surface area contributed by atoms with E-state index in [1.165, 1.54) is 6.92 Å². The molecule has 10 heteroatoms. The second-order valence-corrected chi connectivity index (χ2v) is 8.21. The van der Waals surface area contributed by atoms with Crippen LogP contribution in [0.5, 0.6) is 0 Å². The fourth-order valence-corrected chi connectivity index (χ4v) is 3.59. The highest BCUT2D eigenvalue weighted by atomic mass is 79.9. The van der Waals surface area contributed by atoms with Gasteiger partial charge in [-0.1, -0.05) is 15.9 Å². The second-order valence-electron chi connectivity index (χ2n) is 3.66. The van der Waals surface area contributed by atoms with E-state index < -0.39 is 26.7 Å². The lowest BCUT2D eigenvalue weighted by Crippen LogP contribution is -2.27. The topological polar surface area (TPSA) is 124 Å². The molecule has 98 valence electrons. The zero-order valence-electron chi connectivity index (χ0n) is 8.61. The maximum Gasteiger partial charge on any atom is 0.340 e. The van der Waals surface area contributed by atoms with Gasteiger partial charge in [0.1, 0.15) is 0 Å². The van der Waals surface area contributed by atoms with E-state index in [9.17, 15) is 14.2 Å². The molecule has 2 unspecified atom stereocenters. The molecule has 7 nitrogen and oxygen atoms in total. The van der Waals surface area contributed by atoms with E-state index in [2.05, 4.69) is 20.5 Å². The number of halogens is 1. The molecule has 0 saturated heterocycles. The van der Waals surface area contributed by atoms with Crippen molar-refractivity contribution >= 4 is 31.1 Å². The van der Waals surface area contributed by atoms with Crippen LogP contribution in [0.1, 0.15) is 13.3 Å². The summed E-state index contributed by atoms with van der Waals surface area (Å²) in [6.45, 7) is 1.24. The first-order valence-corrected chi connectivity index (χ1v) is 8.95. The summed E-state index contributed by atoms with van der Waals surface area (Å²) < 4.78 is 26.1. The molecule has 0 bridgehead atoms. The maximum absolute atomic E-state index is 11.2. The van der Waals surface area contributed by atoms with Crippen LogP contribution in [0.25, 0.3) is 0 Å². The molecule has 16 heavy (non-hydrogen) atoms. The summed E-state index contributed by atoms with van der Waals surface area (Å²) in [6.07, 6.45) is 0.0734. The summed E-state index contributed by atoms with van der Waals surface area (Å²) in [5, 5.41) is 9.76. The second kappa shape index (κ2) is 6.07. The molecule has 0 aromatic heterocycles. The van der Waals surface area contributed by atoms with Crippen LogP contribution < -0.4 is 0 Å². The Morgan fingerprint density at radius 2 is 1.81 bits per heavy atom. The van der Waals surface area contributed by atoms with Gasteiger partial charge < -0.3 is 24.3 Å². The van der Waals surface area contributed by atoms with Crippen LogP contribution in [0.3, 0.4) is 0 Å². The predicted molar refractivity (Wildman–Crippen MR) is 61.7 cm³/mol. The number of hydrogen-bond donors (Lipinski definition) is 4. The largest absolute Gasteiger partial charge is 0.389 e. The average Bonchev–Trinajstić information content (AvgIpc) is 1.98. The summed E-state index contributed by atoms with van der Waals surface area (Å²) in [7, 11) is -8.89. The van der Waals surface area contributed by atoms with Crippen LogP contribution >= 0.6 is 31.1 Å². The van der Waals surface area contributed by atoms with Gasteiger partial charge in [-0.25, -0.2) is 0 Å². The molecule has 0 aliphatic rings. The Bertz CT molecular complexity index is 312. The van der Waals surface area contributed by atoms with Gasteiger partial charge in [-0.05, 0) is 6.92 Å². The minimum absolute atomic E-state index is 0.0734. The van der Waals surface area contributed by atoms with Crippen molar-refractivity contribution in [3.05, 3.63) is 0 Å². The van der Waals surface area contributed by atoms with Crippen molar-refractivity contribution < 1.29 is 33.4 Å². The monoisotopic (exact) mass is 340 g/mol. The molecule has 0 fully saturated rings. The molecule has 0 aromatic rings. The van der Waals surface area contributed by atoms with Crippen molar-refractivity contribution in [2.24, 2.45) is 0 Å². The van der Waals surface area contributed by atoms with Crippen molar-refractivity contribution in [1.82, 2.24) is 0 Å². The van der Waals surface area contributed by atoms with Gasteiger partial charge in [0.05, 0.1) is 12.2 Å². The molecule has 0 rings (SSSR count). The van der Waals surface area contributed by atoms with Crippen LogP contribution in [-0.4, -0.2) is 43.2 Å². The highest BCUT2D eigenvalue weighted by Crippen LogP contribution is 2.55. The minimum Gasteiger partial charge on any atom is -0.389 e. The van der Waals surface area contributed by atoms with Gasteiger partial charge in [0.15, 0.2) is 5.90 Å². The highest BCUT2D eigenvalue weighted by Gasteiger charge is 2.31. The fourth-order valence-electron chi connectivity index (χ4n) is 0.749. The Morgan fingerprint density at radius 1 is 1.31 bits per heavy atom. The van der Waals surface area contributed by atoms with E-state index in [0.717, 1.165) is 0 Å². The van der Waals surface area contributed by atoms with Gasteiger partial charge >= 0.3 is 15.2 Å². The molecule has 0 aliphatic heterocycles. The summed E-state index contributed by atoms with van der Waals surface area (Å²) in [4.78, 5) is 26.1. The van der Waals surface area contributed by atoms with Crippen molar-refractivity contribution in [3.63, 3.8) is 0 Å². The summed E-state index contributed by atoms with van der Waals surface area (Å²) >= 11 is 3.04. The number of alkyl halides is 1. The molecule has 0 radical (unpaired) electrons. The first kappa shape index (κ1) is 16.7. The van der Waals surface area contributed by atoms with Gasteiger partial charge in [0.2, 0.25) is 0 Å². The molecule has 4 N–H and O–H groups in total. The van der Waals surface area contributed by atoms with Gasteiger partial charge in [-0.15, -0.1) is 0 Å². The quantitative estimate of drug-likeness (QED) is 0.400. The third-order valence-electron chi connectivity index (χ3n) is 1.58. The molecule has 0 spiro atoms.